The largest absolute Gasteiger partial charge is 0.480 e. The molecule has 0 heterocycles. The van der Waals surface area contributed by atoms with Crippen LogP contribution in [0.1, 0.15) is 111 Å². The molecular weight excluding hydrogens is 286 g/mol. The molecule has 0 amide bonds. The summed E-state index contributed by atoms with van der Waals surface area (Å²) < 4.78 is 0. The van der Waals surface area contributed by atoms with Crippen LogP contribution in [0.3, 0.4) is 0 Å². The first-order valence-corrected chi connectivity index (χ1v) is 10.1. The number of hydrogen-bond donors (Lipinski definition) is 2. The third kappa shape index (κ3) is 10.8. The van der Waals surface area contributed by atoms with Crippen LogP contribution in [0.25, 0.3) is 0 Å². The zero-order chi connectivity index (χ0) is 17.4. The highest BCUT2D eigenvalue weighted by atomic mass is 16.4. The second-order valence-corrected chi connectivity index (χ2v) is 6.91. The molecule has 0 aliphatic heterocycles. The fourth-order valence-electron chi connectivity index (χ4n) is 3.17. The van der Waals surface area contributed by atoms with Gasteiger partial charge in [0.25, 0.3) is 0 Å². The van der Waals surface area contributed by atoms with E-state index in [4.69, 9.17) is 0 Å². The molecule has 23 heavy (non-hydrogen) atoms. The maximum absolute atomic E-state index is 11.4. The second kappa shape index (κ2) is 15.0. The van der Waals surface area contributed by atoms with Gasteiger partial charge < -0.3 is 10.4 Å². The molecule has 0 spiro atoms. The van der Waals surface area contributed by atoms with Gasteiger partial charge in [-0.1, -0.05) is 91.4 Å². The summed E-state index contributed by atoms with van der Waals surface area (Å²) in [7, 11) is 0. The van der Waals surface area contributed by atoms with E-state index in [1.807, 2.05) is 13.8 Å². The average Bonchev–Trinajstić information content (AvgIpc) is 2.55. The molecule has 0 aliphatic rings. The Labute approximate surface area is 144 Å². The normalized spacial score (nSPS) is 11.8. The van der Waals surface area contributed by atoms with E-state index >= 15 is 0 Å². The van der Waals surface area contributed by atoms with E-state index in [1.54, 1.807) is 0 Å². The van der Waals surface area contributed by atoms with Crippen molar-refractivity contribution in [3.05, 3.63) is 0 Å². The third-order valence-electron chi connectivity index (χ3n) is 5.11. The molecule has 0 saturated heterocycles. The molecule has 0 fully saturated rings. The molecule has 138 valence electrons. The highest BCUT2D eigenvalue weighted by Gasteiger charge is 2.33. The van der Waals surface area contributed by atoms with Crippen LogP contribution in [0.2, 0.25) is 0 Å². The van der Waals surface area contributed by atoms with E-state index in [1.165, 1.54) is 70.6 Å². The van der Waals surface area contributed by atoms with Gasteiger partial charge in [0.2, 0.25) is 0 Å². The van der Waals surface area contributed by atoms with Crippen molar-refractivity contribution >= 4 is 5.97 Å². The molecule has 0 aromatic carbocycles. The fourth-order valence-corrected chi connectivity index (χ4v) is 3.17. The number of nitrogens with one attached hydrogen (secondary N) is 1. The Kier molecular flexibility index (Phi) is 14.6. The lowest BCUT2D eigenvalue weighted by Crippen LogP contribution is -2.51. The summed E-state index contributed by atoms with van der Waals surface area (Å²) >= 11 is 0. The first-order valence-electron chi connectivity index (χ1n) is 10.1. The predicted octanol–water partition coefficient (Wildman–Crippen LogP) is 5.92. The highest BCUT2D eigenvalue weighted by Crippen LogP contribution is 2.16. The van der Waals surface area contributed by atoms with Gasteiger partial charge in [-0.15, -0.1) is 0 Å². The lowest BCUT2D eigenvalue weighted by Gasteiger charge is -2.28. The molecule has 0 aromatic heterocycles. The predicted molar refractivity (Wildman–Crippen MR) is 100 cm³/mol. The molecule has 0 bridgehead atoms. The molecule has 0 saturated carbocycles. The van der Waals surface area contributed by atoms with Crippen LogP contribution in [-0.4, -0.2) is 23.2 Å². The number of carbonyl (C=O) groups is 1. The molecule has 0 aromatic rings. The molecule has 0 radical (unpaired) electrons. The van der Waals surface area contributed by atoms with E-state index in [9.17, 15) is 9.90 Å². The Morgan fingerprint density at radius 3 is 1.48 bits per heavy atom. The minimum absolute atomic E-state index is 0.650. The lowest BCUT2D eigenvalue weighted by atomic mass is 9.93. The van der Waals surface area contributed by atoms with Gasteiger partial charge >= 0.3 is 5.97 Å². The first-order chi connectivity index (χ1) is 11.1. The van der Waals surface area contributed by atoms with Crippen molar-refractivity contribution in [2.24, 2.45) is 0 Å². The van der Waals surface area contributed by atoms with Gasteiger partial charge in [-0.3, -0.25) is 4.79 Å². The summed E-state index contributed by atoms with van der Waals surface area (Å²) in [6.07, 6.45) is 17.4. The van der Waals surface area contributed by atoms with Crippen molar-refractivity contribution in [1.82, 2.24) is 5.32 Å². The maximum Gasteiger partial charge on any atom is 0.323 e. The van der Waals surface area contributed by atoms with Gasteiger partial charge in [0.1, 0.15) is 5.54 Å². The molecule has 2 N–H and O–H groups in total. The number of aliphatic carboxylic acids is 1. The second-order valence-electron chi connectivity index (χ2n) is 6.91. The van der Waals surface area contributed by atoms with Gasteiger partial charge in [-0.25, -0.2) is 0 Å². The van der Waals surface area contributed by atoms with Gasteiger partial charge in [0, 0.05) is 0 Å². The number of carboxylic acid groups (broad SMARTS) is 1. The Hall–Kier alpha value is -0.570. The number of carboxylic acids is 1. The van der Waals surface area contributed by atoms with Crippen molar-refractivity contribution in [1.29, 1.82) is 0 Å². The Balaban J connectivity index is 3.41. The van der Waals surface area contributed by atoms with Crippen LogP contribution >= 0.6 is 0 Å². The van der Waals surface area contributed by atoms with E-state index in [2.05, 4.69) is 12.2 Å². The summed E-state index contributed by atoms with van der Waals surface area (Å²) in [4.78, 5) is 11.4. The van der Waals surface area contributed by atoms with Crippen molar-refractivity contribution < 1.29 is 9.90 Å². The van der Waals surface area contributed by atoms with E-state index < -0.39 is 11.5 Å². The zero-order valence-electron chi connectivity index (χ0n) is 16.0. The van der Waals surface area contributed by atoms with Crippen LogP contribution in [-0.2, 0) is 4.79 Å². The van der Waals surface area contributed by atoms with Crippen LogP contribution < -0.4 is 5.32 Å². The van der Waals surface area contributed by atoms with E-state index in [-0.39, 0.29) is 0 Å². The Bertz CT molecular complexity index is 275. The van der Waals surface area contributed by atoms with Crippen LogP contribution in [0.5, 0.6) is 0 Å². The van der Waals surface area contributed by atoms with Crippen molar-refractivity contribution in [3.63, 3.8) is 0 Å². The molecule has 0 rings (SSSR count). The molecular formula is C20H41NO2. The van der Waals surface area contributed by atoms with Crippen molar-refractivity contribution in [2.45, 2.75) is 116 Å². The van der Waals surface area contributed by atoms with E-state index in [0.717, 1.165) is 13.0 Å². The number of hydrogen-bond acceptors (Lipinski definition) is 2. The minimum atomic E-state index is -0.711. The average molecular weight is 328 g/mol. The minimum Gasteiger partial charge on any atom is -0.480 e. The quantitative estimate of drug-likeness (QED) is 0.326. The third-order valence-corrected chi connectivity index (χ3v) is 5.11. The molecule has 0 aliphatic carbocycles. The summed E-state index contributed by atoms with van der Waals surface area (Å²) in [5, 5.41) is 12.6. The Morgan fingerprint density at radius 1 is 0.739 bits per heavy atom. The summed E-state index contributed by atoms with van der Waals surface area (Å²) in [5.41, 5.74) is -0.711. The summed E-state index contributed by atoms with van der Waals surface area (Å²) in [6, 6.07) is 0. The molecule has 3 heteroatoms. The van der Waals surface area contributed by atoms with Gasteiger partial charge in [-0.2, -0.15) is 0 Å². The van der Waals surface area contributed by atoms with Crippen LogP contribution in [0.4, 0.5) is 0 Å². The highest BCUT2D eigenvalue weighted by molar-refractivity contribution is 5.78. The number of unbranched alkanes of at least 4 members (excludes halogenated alkanes) is 11. The zero-order valence-corrected chi connectivity index (χ0v) is 16.0. The van der Waals surface area contributed by atoms with Gasteiger partial charge in [0.15, 0.2) is 0 Å². The van der Waals surface area contributed by atoms with Crippen LogP contribution in [0, 0.1) is 0 Å². The fraction of sp³-hybridized carbons (Fsp3) is 0.950. The van der Waals surface area contributed by atoms with Crippen molar-refractivity contribution in [2.75, 3.05) is 6.54 Å². The van der Waals surface area contributed by atoms with E-state index in [0.29, 0.717) is 12.8 Å². The SMILES string of the molecule is CCCCCCCCCCCCCCNC(CC)(CC)C(=O)O. The Morgan fingerprint density at radius 2 is 1.13 bits per heavy atom. The topological polar surface area (TPSA) is 49.3 Å². The monoisotopic (exact) mass is 327 g/mol. The van der Waals surface area contributed by atoms with Crippen LogP contribution in [0.15, 0.2) is 0 Å². The van der Waals surface area contributed by atoms with Gasteiger partial charge in [0.05, 0.1) is 0 Å². The number of rotatable bonds is 17. The molecule has 3 nitrogen and oxygen atoms in total. The van der Waals surface area contributed by atoms with Gasteiger partial charge in [-0.05, 0) is 25.8 Å². The lowest BCUT2D eigenvalue weighted by molar-refractivity contribution is -0.145. The first kappa shape index (κ1) is 22.4. The van der Waals surface area contributed by atoms with Crippen molar-refractivity contribution in [3.8, 4) is 0 Å². The summed E-state index contributed by atoms with van der Waals surface area (Å²) in [6.45, 7) is 6.99. The molecule has 0 atom stereocenters. The maximum atomic E-state index is 11.4. The standard InChI is InChI=1S/C20H41NO2/c1-4-7-8-9-10-11-12-13-14-15-16-17-18-21-20(5-2,6-3)19(22)23/h21H,4-18H2,1-3H3,(H,22,23). The smallest absolute Gasteiger partial charge is 0.323 e. The summed E-state index contributed by atoms with van der Waals surface area (Å²) in [5.74, 6) is -0.707. The molecule has 0 unspecified atom stereocenters.